The molecule has 1 saturated carbocycles. The van der Waals surface area contributed by atoms with Crippen LogP contribution in [0.25, 0.3) is 0 Å². The summed E-state index contributed by atoms with van der Waals surface area (Å²) in [7, 11) is 1.55. The van der Waals surface area contributed by atoms with Crippen molar-refractivity contribution in [3.8, 4) is 11.5 Å². The summed E-state index contributed by atoms with van der Waals surface area (Å²) in [4.78, 5) is 4.63. The van der Waals surface area contributed by atoms with Crippen LogP contribution in [-0.4, -0.2) is 41.8 Å². The number of methoxy groups -OCH3 is 1. The fourth-order valence-electron chi connectivity index (χ4n) is 3.00. The van der Waals surface area contributed by atoms with E-state index in [2.05, 4.69) is 41.2 Å². The molecule has 0 aliphatic heterocycles. The van der Waals surface area contributed by atoms with Crippen LogP contribution in [0.4, 0.5) is 0 Å². The lowest BCUT2D eigenvalue weighted by molar-refractivity contribution is 0.370. The summed E-state index contributed by atoms with van der Waals surface area (Å²) >= 11 is 2.05. The van der Waals surface area contributed by atoms with E-state index in [1.54, 1.807) is 13.2 Å². The average Bonchev–Trinajstić information content (AvgIpc) is 3.01. The molecule has 0 saturated heterocycles. The first kappa shape index (κ1) is 22.2. The van der Waals surface area contributed by atoms with Crippen molar-refractivity contribution < 1.29 is 9.84 Å². The minimum atomic E-state index is 0. The number of benzene rings is 1. The van der Waals surface area contributed by atoms with Gasteiger partial charge in [0.05, 0.1) is 13.7 Å². The summed E-state index contributed by atoms with van der Waals surface area (Å²) in [6, 6.07) is 5.96. The maximum Gasteiger partial charge on any atom is 0.191 e. The van der Waals surface area contributed by atoms with Crippen LogP contribution in [0, 0.1) is 0 Å². The highest BCUT2D eigenvalue weighted by Gasteiger charge is 2.25. The summed E-state index contributed by atoms with van der Waals surface area (Å²) < 4.78 is 5.15. The van der Waals surface area contributed by atoms with Crippen LogP contribution < -0.4 is 15.4 Å². The van der Waals surface area contributed by atoms with Crippen LogP contribution in [0.1, 0.15) is 38.7 Å². The van der Waals surface area contributed by atoms with Crippen LogP contribution in [0.15, 0.2) is 23.2 Å². The second kappa shape index (κ2) is 11.7. The number of aromatic hydroxyl groups is 1. The van der Waals surface area contributed by atoms with Crippen LogP contribution >= 0.6 is 35.7 Å². The molecule has 1 aliphatic carbocycles. The molecule has 0 bridgehead atoms. The van der Waals surface area contributed by atoms with E-state index >= 15 is 0 Å². The number of thioether (sulfide) groups is 1. The van der Waals surface area contributed by atoms with Crippen molar-refractivity contribution in [2.75, 3.05) is 19.4 Å². The molecule has 3 N–H and O–H groups in total. The number of hydrogen-bond acceptors (Lipinski definition) is 4. The predicted molar refractivity (Wildman–Crippen MR) is 118 cm³/mol. The first-order valence-electron chi connectivity index (χ1n) is 8.69. The third-order valence-corrected chi connectivity index (χ3v) is 5.41. The molecule has 142 valence electrons. The lowest BCUT2D eigenvalue weighted by Crippen LogP contribution is -2.42. The number of para-hydroxylation sites is 1. The standard InChI is InChI=1S/C18H29N3O2S.HI/c1-4-19-18(21-14-9-10-15(11-14)24-5-2)20-12-13-7-6-8-16(23-3)17(13)22;/h6-8,14-15,22H,4-5,9-12H2,1-3H3,(H2,19,20,21);1H. The van der Waals surface area contributed by atoms with Crippen LogP contribution in [0.2, 0.25) is 0 Å². The average molecular weight is 479 g/mol. The highest BCUT2D eigenvalue weighted by molar-refractivity contribution is 14.0. The Labute approximate surface area is 172 Å². The van der Waals surface area contributed by atoms with Gasteiger partial charge in [0.25, 0.3) is 0 Å². The number of nitrogens with one attached hydrogen (secondary N) is 2. The van der Waals surface area contributed by atoms with E-state index in [4.69, 9.17) is 4.74 Å². The normalized spacial score (nSPS) is 20.0. The van der Waals surface area contributed by atoms with E-state index in [1.165, 1.54) is 25.0 Å². The molecule has 0 spiro atoms. The van der Waals surface area contributed by atoms with Crippen molar-refractivity contribution in [2.24, 2.45) is 4.99 Å². The molecule has 0 aromatic heterocycles. The Bertz CT molecular complexity index is 557. The van der Waals surface area contributed by atoms with Crippen molar-refractivity contribution in [1.82, 2.24) is 10.6 Å². The van der Waals surface area contributed by atoms with Gasteiger partial charge < -0.3 is 20.5 Å². The number of nitrogens with zero attached hydrogens (tertiary/aromatic N) is 1. The van der Waals surface area contributed by atoms with Crippen LogP contribution in [0.3, 0.4) is 0 Å². The monoisotopic (exact) mass is 479 g/mol. The zero-order valence-corrected chi connectivity index (χ0v) is 18.4. The van der Waals surface area contributed by atoms with Gasteiger partial charge in [0.15, 0.2) is 17.5 Å². The number of aliphatic imine (C=N–C) groups is 1. The molecule has 1 aromatic rings. The van der Waals surface area contributed by atoms with Gasteiger partial charge >= 0.3 is 0 Å². The molecule has 0 radical (unpaired) electrons. The number of hydrogen-bond donors (Lipinski definition) is 3. The van der Waals surface area contributed by atoms with E-state index in [0.29, 0.717) is 18.3 Å². The summed E-state index contributed by atoms with van der Waals surface area (Å²) in [5.41, 5.74) is 0.761. The number of halogens is 1. The Hall–Kier alpha value is -0.830. The molecule has 25 heavy (non-hydrogen) atoms. The van der Waals surface area contributed by atoms with Crippen molar-refractivity contribution in [3.05, 3.63) is 23.8 Å². The second-order valence-electron chi connectivity index (χ2n) is 5.89. The fraction of sp³-hybridized carbons (Fsp3) is 0.611. The zero-order valence-electron chi connectivity index (χ0n) is 15.2. The van der Waals surface area contributed by atoms with Gasteiger partial charge in [0.1, 0.15) is 0 Å². The topological polar surface area (TPSA) is 65.9 Å². The van der Waals surface area contributed by atoms with Gasteiger partial charge in [-0.05, 0) is 38.0 Å². The number of ether oxygens (including phenoxy) is 1. The quantitative estimate of drug-likeness (QED) is 0.316. The van der Waals surface area contributed by atoms with Crippen molar-refractivity contribution in [2.45, 2.75) is 50.9 Å². The van der Waals surface area contributed by atoms with Gasteiger partial charge in [0.2, 0.25) is 0 Å². The SMILES string of the molecule is CCNC(=NCc1cccc(OC)c1O)NC1CCC(SCC)C1.I. The maximum absolute atomic E-state index is 10.2. The largest absolute Gasteiger partial charge is 0.504 e. The van der Waals surface area contributed by atoms with Gasteiger partial charge in [-0.15, -0.1) is 24.0 Å². The molecule has 2 unspecified atom stereocenters. The molecule has 0 amide bonds. The number of rotatable bonds is 7. The molecule has 1 fully saturated rings. The minimum Gasteiger partial charge on any atom is -0.504 e. The predicted octanol–water partition coefficient (Wildman–Crippen LogP) is 3.75. The van der Waals surface area contributed by atoms with E-state index in [0.717, 1.165) is 23.3 Å². The van der Waals surface area contributed by atoms with Crippen molar-refractivity contribution >= 4 is 41.7 Å². The lowest BCUT2D eigenvalue weighted by Gasteiger charge is -2.17. The van der Waals surface area contributed by atoms with Crippen LogP contribution in [0.5, 0.6) is 11.5 Å². The highest BCUT2D eigenvalue weighted by Crippen LogP contribution is 2.30. The third kappa shape index (κ3) is 6.77. The number of phenolic OH excluding ortho intramolecular Hbond substituents is 1. The minimum absolute atomic E-state index is 0. The molecule has 1 aliphatic rings. The van der Waals surface area contributed by atoms with Gasteiger partial charge in [-0.2, -0.15) is 11.8 Å². The Morgan fingerprint density at radius 3 is 2.84 bits per heavy atom. The van der Waals surface area contributed by atoms with Gasteiger partial charge in [-0.1, -0.05) is 19.1 Å². The molecule has 2 atom stereocenters. The van der Waals surface area contributed by atoms with E-state index in [-0.39, 0.29) is 29.7 Å². The molecule has 1 aromatic carbocycles. The van der Waals surface area contributed by atoms with E-state index in [9.17, 15) is 5.11 Å². The first-order valence-corrected chi connectivity index (χ1v) is 9.74. The van der Waals surface area contributed by atoms with Gasteiger partial charge in [0, 0.05) is 23.4 Å². The Balaban J connectivity index is 0.00000312. The summed E-state index contributed by atoms with van der Waals surface area (Å²) in [5, 5.41) is 17.8. The molecular weight excluding hydrogens is 449 g/mol. The summed E-state index contributed by atoms with van der Waals surface area (Å²) in [6.07, 6.45) is 3.64. The van der Waals surface area contributed by atoms with E-state index < -0.39 is 0 Å². The molecule has 7 heteroatoms. The summed E-state index contributed by atoms with van der Waals surface area (Å²) in [6.45, 7) is 5.51. The number of guanidine groups is 1. The van der Waals surface area contributed by atoms with Crippen LogP contribution in [-0.2, 0) is 6.54 Å². The molecular formula is C18H30IN3O2S. The maximum atomic E-state index is 10.2. The zero-order chi connectivity index (χ0) is 17.4. The van der Waals surface area contributed by atoms with Crippen molar-refractivity contribution in [1.29, 1.82) is 0 Å². The number of phenols is 1. The second-order valence-corrected chi connectivity index (χ2v) is 7.47. The molecule has 5 nitrogen and oxygen atoms in total. The smallest absolute Gasteiger partial charge is 0.191 e. The Kier molecular flexibility index (Phi) is 10.4. The first-order chi connectivity index (χ1) is 11.7. The Morgan fingerprint density at radius 2 is 2.16 bits per heavy atom. The van der Waals surface area contributed by atoms with E-state index in [1.807, 2.05) is 12.1 Å². The third-order valence-electron chi connectivity index (χ3n) is 4.18. The molecule has 2 rings (SSSR count). The lowest BCUT2D eigenvalue weighted by atomic mass is 10.2. The highest BCUT2D eigenvalue weighted by atomic mass is 127. The van der Waals surface area contributed by atoms with Gasteiger partial charge in [-0.3, -0.25) is 0 Å². The van der Waals surface area contributed by atoms with Crippen molar-refractivity contribution in [3.63, 3.8) is 0 Å². The van der Waals surface area contributed by atoms with Gasteiger partial charge in [-0.25, -0.2) is 4.99 Å². The fourth-order valence-corrected chi connectivity index (χ4v) is 4.14. The summed E-state index contributed by atoms with van der Waals surface area (Å²) in [5.74, 6) is 2.64. The molecule has 0 heterocycles. The Morgan fingerprint density at radius 1 is 1.36 bits per heavy atom.